The smallest absolute Gasteiger partial charge is 0.325 e. The van der Waals surface area contributed by atoms with Crippen LogP contribution in [-0.4, -0.2) is 20.9 Å². The van der Waals surface area contributed by atoms with E-state index in [1.807, 2.05) is 0 Å². The van der Waals surface area contributed by atoms with E-state index < -0.39 is 5.97 Å². The van der Waals surface area contributed by atoms with Gasteiger partial charge in [-0.05, 0) is 43.5 Å². The lowest BCUT2D eigenvalue weighted by Gasteiger charge is -2.20. The van der Waals surface area contributed by atoms with Gasteiger partial charge in [-0.25, -0.2) is 4.39 Å². The number of nitrogens with two attached hydrogens (primary N) is 1. The Bertz CT molecular complexity index is 679. The lowest BCUT2D eigenvalue weighted by molar-refractivity contribution is -0.137. The average Bonchev–Trinajstić information content (AvgIpc) is 2.79. The number of benzene rings is 1. The van der Waals surface area contributed by atoms with Crippen LogP contribution in [0.25, 0.3) is 11.3 Å². The van der Waals surface area contributed by atoms with Crippen molar-refractivity contribution < 1.29 is 14.3 Å². The van der Waals surface area contributed by atoms with Gasteiger partial charge in [-0.2, -0.15) is 5.10 Å². The molecule has 3 rings (SSSR count). The van der Waals surface area contributed by atoms with E-state index in [1.54, 1.807) is 12.1 Å². The van der Waals surface area contributed by atoms with E-state index >= 15 is 0 Å². The Balaban J connectivity index is 2.13. The molecule has 1 unspecified atom stereocenters. The first-order chi connectivity index (χ1) is 10.1. The summed E-state index contributed by atoms with van der Waals surface area (Å²) in [5.41, 5.74) is 9.39. The second-order valence-electron chi connectivity index (χ2n) is 5.27. The molecule has 1 aromatic carbocycles. The summed E-state index contributed by atoms with van der Waals surface area (Å²) in [6, 6.07) is 5.87. The summed E-state index contributed by atoms with van der Waals surface area (Å²) in [6.07, 6.45) is 2.53. The lowest BCUT2D eigenvalue weighted by Crippen LogP contribution is -2.20. The van der Waals surface area contributed by atoms with Crippen molar-refractivity contribution in [1.29, 1.82) is 0 Å². The van der Waals surface area contributed by atoms with Crippen molar-refractivity contribution in [3.63, 3.8) is 0 Å². The Kier molecular flexibility index (Phi) is 3.47. The van der Waals surface area contributed by atoms with Gasteiger partial charge in [0.25, 0.3) is 0 Å². The third kappa shape index (κ3) is 2.54. The first-order valence-corrected chi connectivity index (χ1v) is 6.89. The van der Waals surface area contributed by atoms with Crippen LogP contribution < -0.4 is 5.73 Å². The zero-order valence-corrected chi connectivity index (χ0v) is 11.4. The first kappa shape index (κ1) is 13.8. The van der Waals surface area contributed by atoms with Crippen molar-refractivity contribution in [2.75, 3.05) is 0 Å². The predicted molar refractivity (Wildman–Crippen MR) is 75.1 cm³/mol. The van der Waals surface area contributed by atoms with Gasteiger partial charge in [0.2, 0.25) is 0 Å². The van der Waals surface area contributed by atoms with Crippen LogP contribution in [-0.2, 0) is 17.8 Å². The minimum absolute atomic E-state index is 0.156. The van der Waals surface area contributed by atoms with E-state index in [4.69, 9.17) is 10.8 Å². The Hall–Kier alpha value is -2.21. The molecule has 0 spiro atoms. The number of fused-ring (bicyclic) bond motifs is 1. The molecule has 0 saturated heterocycles. The largest absolute Gasteiger partial charge is 0.480 e. The fourth-order valence-corrected chi connectivity index (χ4v) is 2.88. The Morgan fingerprint density at radius 2 is 2.14 bits per heavy atom. The number of nitrogens with zero attached hydrogens (tertiary/aromatic N) is 2. The zero-order valence-electron chi connectivity index (χ0n) is 11.4. The highest BCUT2D eigenvalue weighted by Crippen LogP contribution is 2.36. The number of hydrogen-bond donors (Lipinski definition) is 2. The van der Waals surface area contributed by atoms with Crippen LogP contribution in [0.2, 0.25) is 0 Å². The van der Waals surface area contributed by atoms with Gasteiger partial charge < -0.3 is 10.8 Å². The molecule has 1 aliphatic rings. The van der Waals surface area contributed by atoms with Crippen LogP contribution in [0.15, 0.2) is 24.3 Å². The molecule has 0 fully saturated rings. The molecule has 1 heterocycles. The summed E-state index contributed by atoms with van der Waals surface area (Å²) in [6.45, 7) is -0.184. The molecular weight excluding hydrogens is 273 g/mol. The topological polar surface area (TPSA) is 81.1 Å². The van der Waals surface area contributed by atoms with Crippen LogP contribution >= 0.6 is 0 Å². The predicted octanol–water partition coefficient (Wildman–Crippen LogP) is 2.11. The highest BCUT2D eigenvalue weighted by atomic mass is 19.1. The van der Waals surface area contributed by atoms with Gasteiger partial charge in [0.1, 0.15) is 12.4 Å². The monoisotopic (exact) mass is 289 g/mol. The number of rotatable bonds is 3. The van der Waals surface area contributed by atoms with Gasteiger partial charge in [0, 0.05) is 22.9 Å². The fraction of sp³-hybridized carbons (Fsp3) is 0.333. The number of aromatic nitrogens is 2. The number of carboxylic acids is 1. The van der Waals surface area contributed by atoms with Gasteiger partial charge >= 0.3 is 5.97 Å². The molecule has 0 aliphatic heterocycles. The lowest BCUT2D eigenvalue weighted by atomic mass is 9.89. The summed E-state index contributed by atoms with van der Waals surface area (Å²) in [5.74, 6) is -1.26. The quantitative estimate of drug-likeness (QED) is 0.906. The molecule has 6 heteroatoms. The zero-order chi connectivity index (χ0) is 15.0. The maximum absolute atomic E-state index is 13.1. The van der Waals surface area contributed by atoms with Crippen LogP contribution in [0.4, 0.5) is 4.39 Å². The highest BCUT2D eigenvalue weighted by molar-refractivity contribution is 5.69. The molecule has 1 aliphatic carbocycles. The molecule has 21 heavy (non-hydrogen) atoms. The number of carboxylic acid groups (broad SMARTS) is 1. The second-order valence-corrected chi connectivity index (χ2v) is 5.27. The molecule has 1 atom stereocenters. The maximum Gasteiger partial charge on any atom is 0.325 e. The van der Waals surface area contributed by atoms with Gasteiger partial charge in [0.05, 0.1) is 5.69 Å². The summed E-state index contributed by atoms with van der Waals surface area (Å²) in [4.78, 5) is 11.0. The van der Waals surface area contributed by atoms with Crippen molar-refractivity contribution in [3.8, 4) is 11.3 Å². The summed E-state index contributed by atoms with van der Waals surface area (Å²) in [5, 5.41) is 13.4. The van der Waals surface area contributed by atoms with Crippen LogP contribution in [0.3, 0.4) is 0 Å². The van der Waals surface area contributed by atoms with Gasteiger partial charge in [-0.3, -0.25) is 9.48 Å². The number of hydrogen-bond acceptors (Lipinski definition) is 3. The minimum Gasteiger partial charge on any atom is -0.480 e. The number of aliphatic carboxylic acids is 1. The molecule has 2 aromatic rings. The molecule has 0 bridgehead atoms. The Morgan fingerprint density at radius 1 is 1.43 bits per heavy atom. The Labute approximate surface area is 121 Å². The van der Waals surface area contributed by atoms with Gasteiger partial charge in [0.15, 0.2) is 0 Å². The van der Waals surface area contributed by atoms with E-state index in [-0.39, 0.29) is 18.4 Å². The third-order valence-electron chi connectivity index (χ3n) is 3.80. The second kappa shape index (κ2) is 5.29. The Morgan fingerprint density at radius 3 is 2.81 bits per heavy atom. The number of halogens is 1. The molecule has 110 valence electrons. The van der Waals surface area contributed by atoms with E-state index in [1.165, 1.54) is 16.8 Å². The van der Waals surface area contributed by atoms with E-state index in [2.05, 4.69) is 5.10 Å². The van der Waals surface area contributed by atoms with E-state index in [0.717, 1.165) is 36.1 Å². The average molecular weight is 289 g/mol. The van der Waals surface area contributed by atoms with Crippen LogP contribution in [0.5, 0.6) is 0 Å². The van der Waals surface area contributed by atoms with Crippen molar-refractivity contribution in [1.82, 2.24) is 9.78 Å². The van der Waals surface area contributed by atoms with Crippen LogP contribution in [0.1, 0.15) is 30.1 Å². The van der Waals surface area contributed by atoms with Gasteiger partial charge in [-0.1, -0.05) is 0 Å². The maximum atomic E-state index is 13.1. The summed E-state index contributed by atoms with van der Waals surface area (Å²) in [7, 11) is 0. The molecule has 0 saturated carbocycles. The molecule has 0 amide bonds. The minimum atomic E-state index is -0.940. The van der Waals surface area contributed by atoms with Crippen molar-refractivity contribution in [2.45, 2.75) is 31.8 Å². The molecule has 3 N–H and O–H groups in total. The fourth-order valence-electron chi connectivity index (χ4n) is 2.88. The summed E-state index contributed by atoms with van der Waals surface area (Å²) < 4.78 is 14.6. The molecule has 1 aromatic heterocycles. The standard InChI is InChI=1S/C15H16FN3O2/c16-10-6-4-9(5-7-10)15-14-11(17)2-1-3-12(14)19(18-15)8-13(20)21/h4-7,11H,1-3,8,17H2,(H,20,21). The van der Waals surface area contributed by atoms with E-state index in [0.29, 0.717) is 5.69 Å². The summed E-state index contributed by atoms with van der Waals surface area (Å²) >= 11 is 0. The third-order valence-corrected chi connectivity index (χ3v) is 3.80. The van der Waals surface area contributed by atoms with Crippen molar-refractivity contribution >= 4 is 5.97 Å². The van der Waals surface area contributed by atoms with Crippen LogP contribution in [0, 0.1) is 5.82 Å². The van der Waals surface area contributed by atoms with Crippen molar-refractivity contribution in [3.05, 3.63) is 41.3 Å². The normalized spacial score (nSPS) is 17.5. The first-order valence-electron chi connectivity index (χ1n) is 6.89. The SMILES string of the molecule is NC1CCCc2c1c(-c1ccc(F)cc1)nn2CC(=O)O. The van der Waals surface area contributed by atoms with Crippen molar-refractivity contribution in [2.24, 2.45) is 5.73 Å². The highest BCUT2D eigenvalue weighted by Gasteiger charge is 2.27. The molecule has 5 nitrogen and oxygen atoms in total. The molecular formula is C15H16FN3O2. The van der Waals surface area contributed by atoms with Gasteiger partial charge in [-0.15, -0.1) is 0 Å². The number of carbonyl (C=O) groups is 1. The molecule has 0 radical (unpaired) electrons. The van der Waals surface area contributed by atoms with E-state index in [9.17, 15) is 9.18 Å².